The van der Waals surface area contributed by atoms with E-state index in [9.17, 15) is 4.79 Å². The van der Waals surface area contributed by atoms with Crippen molar-refractivity contribution in [2.75, 3.05) is 7.11 Å². The van der Waals surface area contributed by atoms with E-state index < -0.39 is 0 Å². The SMILES string of the molecule is COc1cccc(Cn2cnc3c4cc(C)ccc4n(Cc4cccc(Cl)c4)c3c2=O)c1. The number of aromatic nitrogens is 3. The van der Waals surface area contributed by atoms with Crippen LogP contribution < -0.4 is 10.3 Å². The summed E-state index contributed by atoms with van der Waals surface area (Å²) in [4.78, 5) is 18.4. The molecule has 0 aliphatic rings. The lowest BCUT2D eigenvalue weighted by Crippen LogP contribution is -2.23. The summed E-state index contributed by atoms with van der Waals surface area (Å²) in [6.07, 6.45) is 1.63. The number of hydrogen-bond donors (Lipinski definition) is 0. The molecule has 160 valence electrons. The Balaban J connectivity index is 1.70. The molecule has 0 atom stereocenters. The van der Waals surface area contributed by atoms with E-state index in [0.29, 0.717) is 23.6 Å². The Labute approximate surface area is 190 Å². The fourth-order valence-corrected chi connectivity index (χ4v) is 4.39. The Hall–Kier alpha value is -3.57. The second-order valence-corrected chi connectivity index (χ2v) is 8.40. The molecule has 6 heteroatoms. The summed E-state index contributed by atoms with van der Waals surface area (Å²) in [5, 5.41) is 1.65. The number of rotatable bonds is 5. The Morgan fingerprint density at radius 2 is 1.75 bits per heavy atom. The Morgan fingerprint density at radius 1 is 0.969 bits per heavy atom. The van der Waals surface area contributed by atoms with Crippen LogP contribution in [0.4, 0.5) is 0 Å². The molecule has 32 heavy (non-hydrogen) atoms. The Morgan fingerprint density at radius 3 is 2.53 bits per heavy atom. The quantitative estimate of drug-likeness (QED) is 0.364. The Bertz CT molecular complexity index is 1520. The van der Waals surface area contributed by atoms with E-state index in [-0.39, 0.29) is 5.56 Å². The highest BCUT2D eigenvalue weighted by atomic mass is 35.5. The van der Waals surface area contributed by atoms with Crippen molar-refractivity contribution in [3.05, 3.63) is 105 Å². The molecule has 0 fully saturated rings. The monoisotopic (exact) mass is 443 g/mol. The number of aryl methyl sites for hydroxylation is 1. The predicted molar refractivity (Wildman–Crippen MR) is 129 cm³/mol. The fourth-order valence-electron chi connectivity index (χ4n) is 4.18. The average Bonchev–Trinajstić information content (AvgIpc) is 3.09. The standard InChI is InChI=1S/C26H22ClN3O2/c1-17-9-10-23-22(11-17)24-25(30(23)15-18-5-3-7-20(27)12-18)26(31)29(16-28-24)14-19-6-4-8-21(13-19)32-2/h3-13,16H,14-15H2,1-2H3. The first-order valence-corrected chi connectivity index (χ1v) is 10.8. The van der Waals surface area contributed by atoms with Crippen LogP contribution in [0, 0.1) is 6.92 Å². The minimum Gasteiger partial charge on any atom is -0.497 e. The lowest BCUT2D eigenvalue weighted by atomic mass is 10.1. The smallest absolute Gasteiger partial charge is 0.278 e. The average molecular weight is 444 g/mol. The minimum atomic E-state index is -0.0753. The van der Waals surface area contributed by atoms with Gasteiger partial charge < -0.3 is 9.30 Å². The maximum atomic E-state index is 13.7. The van der Waals surface area contributed by atoms with Gasteiger partial charge >= 0.3 is 0 Å². The molecule has 3 aromatic carbocycles. The number of hydrogen-bond acceptors (Lipinski definition) is 3. The molecular formula is C26H22ClN3O2. The first-order valence-electron chi connectivity index (χ1n) is 10.4. The molecule has 0 unspecified atom stereocenters. The summed E-state index contributed by atoms with van der Waals surface area (Å²) in [5.41, 5.74) is 5.35. The molecule has 0 radical (unpaired) electrons. The summed E-state index contributed by atoms with van der Waals surface area (Å²) in [7, 11) is 1.63. The van der Waals surface area contributed by atoms with Crippen molar-refractivity contribution in [1.29, 1.82) is 0 Å². The number of ether oxygens (including phenoxy) is 1. The number of nitrogens with zero attached hydrogens (tertiary/aromatic N) is 3. The van der Waals surface area contributed by atoms with Crippen LogP contribution in [0.1, 0.15) is 16.7 Å². The molecule has 5 rings (SSSR count). The van der Waals surface area contributed by atoms with Gasteiger partial charge in [-0.3, -0.25) is 9.36 Å². The molecule has 0 aliphatic carbocycles. The molecule has 2 heterocycles. The normalized spacial score (nSPS) is 11.3. The molecule has 0 aliphatic heterocycles. The zero-order valence-corrected chi connectivity index (χ0v) is 18.6. The molecule has 0 amide bonds. The first kappa shape index (κ1) is 20.3. The molecule has 0 spiro atoms. The van der Waals surface area contributed by atoms with Gasteiger partial charge in [0.25, 0.3) is 5.56 Å². The van der Waals surface area contributed by atoms with Gasteiger partial charge in [0.2, 0.25) is 0 Å². The number of halogens is 1. The highest BCUT2D eigenvalue weighted by Crippen LogP contribution is 2.28. The van der Waals surface area contributed by atoms with Crippen LogP contribution in [0.2, 0.25) is 5.02 Å². The van der Waals surface area contributed by atoms with E-state index in [4.69, 9.17) is 21.3 Å². The van der Waals surface area contributed by atoms with Gasteiger partial charge in [-0.15, -0.1) is 0 Å². The summed E-state index contributed by atoms with van der Waals surface area (Å²) >= 11 is 6.22. The van der Waals surface area contributed by atoms with Crippen molar-refractivity contribution in [3.63, 3.8) is 0 Å². The largest absolute Gasteiger partial charge is 0.497 e. The summed E-state index contributed by atoms with van der Waals surface area (Å²) in [5.74, 6) is 0.759. The van der Waals surface area contributed by atoms with Gasteiger partial charge in [0.15, 0.2) is 0 Å². The molecule has 2 aromatic heterocycles. The number of methoxy groups -OCH3 is 1. The summed E-state index contributed by atoms with van der Waals surface area (Å²) in [6.45, 7) is 2.99. The van der Waals surface area contributed by atoms with E-state index in [1.807, 2.05) is 60.0 Å². The third-order valence-electron chi connectivity index (χ3n) is 5.70. The van der Waals surface area contributed by atoms with Gasteiger partial charge in [-0.05, 0) is 54.4 Å². The van der Waals surface area contributed by atoms with Crippen LogP contribution in [0.5, 0.6) is 5.75 Å². The highest BCUT2D eigenvalue weighted by molar-refractivity contribution is 6.30. The van der Waals surface area contributed by atoms with Crippen molar-refractivity contribution in [2.45, 2.75) is 20.0 Å². The van der Waals surface area contributed by atoms with E-state index in [2.05, 4.69) is 18.2 Å². The van der Waals surface area contributed by atoms with Crippen molar-refractivity contribution in [3.8, 4) is 5.75 Å². The van der Waals surface area contributed by atoms with Gasteiger partial charge in [-0.1, -0.05) is 47.5 Å². The maximum absolute atomic E-state index is 13.7. The van der Waals surface area contributed by atoms with Crippen LogP contribution >= 0.6 is 11.6 Å². The van der Waals surface area contributed by atoms with Crippen LogP contribution in [0.25, 0.3) is 21.9 Å². The molecule has 0 N–H and O–H groups in total. The summed E-state index contributed by atoms with van der Waals surface area (Å²) in [6, 6.07) is 21.6. The predicted octanol–water partition coefficient (Wildman–Crippen LogP) is 5.42. The highest BCUT2D eigenvalue weighted by Gasteiger charge is 2.17. The van der Waals surface area contributed by atoms with Crippen molar-refractivity contribution in [2.24, 2.45) is 0 Å². The van der Waals surface area contributed by atoms with E-state index in [1.165, 1.54) is 0 Å². The fraction of sp³-hybridized carbons (Fsp3) is 0.154. The number of fused-ring (bicyclic) bond motifs is 3. The van der Waals surface area contributed by atoms with Crippen molar-refractivity contribution < 1.29 is 4.74 Å². The van der Waals surface area contributed by atoms with E-state index >= 15 is 0 Å². The van der Waals surface area contributed by atoms with Crippen LogP contribution in [-0.4, -0.2) is 21.2 Å². The van der Waals surface area contributed by atoms with Gasteiger partial charge in [-0.25, -0.2) is 4.98 Å². The van der Waals surface area contributed by atoms with Gasteiger partial charge in [0, 0.05) is 17.0 Å². The van der Waals surface area contributed by atoms with Gasteiger partial charge in [0.05, 0.1) is 25.5 Å². The lowest BCUT2D eigenvalue weighted by Gasteiger charge is -2.10. The van der Waals surface area contributed by atoms with E-state index in [0.717, 1.165) is 38.9 Å². The summed E-state index contributed by atoms with van der Waals surface area (Å²) < 4.78 is 9.02. The van der Waals surface area contributed by atoms with Crippen LogP contribution in [0.15, 0.2) is 77.9 Å². The third-order valence-corrected chi connectivity index (χ3v) is 5.93. The molecule has 5 aromatic rings. The lowest BCUT2D eigenvalue weighted by molar-refractivity contribution is 0.414. The number of benzene rings is 3. The van der Waals surface area contributed by atoms with Crippen LogP contribution in [-0.2, 0) is 13.1 Å². The second-order valence-electron chi connectivity index (χ2n) is 7.96. The van der Waals surface area contributed by atoms with Crippen molar-refractivity contribution in [1.82, 2.24) is 14.1 Å². The maximum Gasteiger partial charge on any atom is 0.278 e. The van der Waals surface area contributed by atoms with E-state index in [1.54, 1.807) is 18.0 Å². The first-order chi connectivity index (χ1) is 15.5. The molecule has 5 nitrogen and oxygen atoms in total. The zero-order chi connectivity index (χ0) is 22.2. The van der Waals surface area contributed by atoms with Gasteiger partial charge in [0.1, 0.15) is 16.8 Å². The molecular weight excluding hydrogens is 422 g/mol. The minimum absolute atomic E-state index is 0.0753. The molecule has 0 bridgehead atoms. The van der Waals surface area contributed by atoms with Crippen molar-refractivity contribution >= 4 is 33.5 Å². The van der Waals surface area contributed by atoms with Crippen LogP contribution in [0.3, 0.4) is 0 Å². The second kappa shape index (κ2) is 8.17. The molecule has 0 saturated carbocycles. The third kappa shape index (κ3) is 3.65. The topological polar surface area (TPSA) is 49.0 Å². The zero-order valence-electron chi connectivity index (χ0n) is 17.9. The molecule has 0 saturated heterocycles. The Kier molecular flexibility index (Phi) is 5.19. The van der Waals surface area contributed by atoms with Gasteiger partial charge in [-0.2, -0.15) is 0 Å².